The molecular formula is C23H29NO2. The van der Waals surface area contributed by atoms with Crippen LogP contribution in [0.2, 0.25) is 0 Å². The van der Waals surface area contributed by atoms with Gasteiger partial charge in [-0.05, 0) is 60.8 Å². The molecule has 3 nitrogen and oxygen atoms in total. The van der Waals surface area contributed by atoms with Crippen molar-refractivity contribution in [1.29, 1.82) is 0 Å². The van der Waals surface area contributed by atoms with Crippen LogP contribution in [0.15, 0.2) is 48.5 Å². The second-order valence-electron chi connectivity index (χ2n) is 7.70. The first-order chi connectivity index (χ1) is 12.8. The van der Waals surface area contributed by atoms with E-state index in [2.05, 4.69) is 53.4 Å². The molecule has 0 amide bonds. The van der Waals surface area contributed by atoms with Crippen LogP contribution in [0.3, 0.4) is 0 Å². The van der Waals surface area contributed by atoms with Crippen molar-refractivity contribution >= 4 is 0 Å². The van der Waals surface area contributed by atoms with Crippen molar-refractivity contribution in [3.8, 4) is 11.5 Å². The van der Waals surface area contributed by atoms with E-state index in [1.165, 1.54) is 36.9 Å². The smallest absolute Gasteiger partial charge is 0.160 e. The van der Waals surface area contributed by atoms with Crippen molar-refractivity contribution in [2.45, 2.75) is 37.6 Å². The average molecular weight is 351 g/mol. The summed E-state index contributed by atoms with van der Waals surface area (Å²) in [4.78, 5) is 2.74. The summed E-state index contributed by atoms with van der Waals surface area (Å²) in [5.41, 5.74) is 2.85. The van der Waals surface area contributed by atoms with E-state index in [1.807, 2.05) is 0 Å². The minimum absolute atomic E-state index is 0.609. The van der Waals surface area contributed by atoms with Crippen LogP contribution in [0.5, 0.6) is 11.5 Å². The summed E-state index contributed by atoms with van der Waals surface area (Å²) in [6, 6.07) is 18.0. The third-order valence-electron chi connectivity index (χ3n) is 6.25. The lowest BCUT2D eigenvalue weighted by Gasteiger charge is -2.50. The van der Waals surface area contributed by atoms with Gasteiger partial charge in [-0.3, -0.25) is 4.90 Å². The van der Waals surface area contributed by atoms with Gasteiger partial charge in [-0.1, -0.05) is 36.4 Å². The number of nitrogens with zero attached hydrogens (tertiary/aromatic N) is 1. The molecule has 2 aromatic carbocycles. The fourth-order valence-electron chi connectivity index (χ4n) is 4.93. The van der Waals surface area contributed by atoms with Gasteiger partial charge in [0.15, 0.2) is 11.5 Å². The molecule has 138 valence electrons. The zero-order valence-electron chi connectivity index (χ0n) is 15.9. The Morgan fingerprint density at radius 2 is 1.77 bits per heavy atom. The molecular weight excluding hydrogens is 322 g/mol. The normalized spacial score (nSPS) is 25.2. The van der Waals surface area contributed by atoms with Crippen LogP contribution in [0.4, 0.5) is 0 Å². The first-order valence-electron chi connectivity index (χ1n) is 9.78. The Labute approximate surface area is 156 Å². The predicted molar refractivity (Wildman–Crippen MR) is 105 cm³/mol. The quantitative estimate of drug-likeness (QED) is 0.764. The monoisotopic (exact) mass is 351 g/mol. The van der Waals surface area contributed by atoms with Crippen molar-refractivity contribution < 1.29 is 9.47 Å². The van der Waals surface area contributed by atoms with E-state index in [1.54, 1.807) is 14.2 Å². The average Bonchev–Trinajstić information content (AvgIpc) is 2.72. The molecule has 5 rings (SSSR count). The summed E-state index contributed by atoms with van der Waals surface area (Å²) in [5.74, 6) is 3.10. The SMILES string of the molecule is COc1ccc(C2CC3CCC2N(CCc2ccccc2)C3)cc1OC. The van der Waals surface area contributed by atoms with Crippen molar-refractivity contribution in [3.63, 3.8) is 0 Å². The van der Waals surface area contributed by atoms with Crippen LogP contribution in [0.25, 0.3) is 0 Å². The summed E-state index contributed by atoms with van der Waals surface area (Å²) < 4.78 is 11.0. The molecule has 2 heterocycles. The summed E-state index contributed by atoms with van der Waals surface area (Å²) in [5, 5.41) is 0. The largest absolute Gasteiger partial charge is 0.493 e. The van der Waals surface area contributed by atoms with Crippen LogP contribution >= 0.6 is 0 Å². The van der Waals surface area contributed by atoms with Gasteiger partial charge in [-0.15, -0.1) is 0 Å². The third kappa shape index (κ3) is 3.45. The maximum absolute atomic E-state index is 5.54. The Bertz CT molecular complexity index is 730. The number of ether oxygens (including phenoxy) is 2. The van der Waals surface area contributed by atoms with Gasteiger partial charge in [-0.25, -0.2) is 0 Å². The maximum atomic E-state index is 5.54. The van der Waals surface area contributed by atoms with Gasteiger partial charge in [-0.2, -0.15) is 0 Å². The molecule has 3 aliphatic rings. The number of hydrogen-bond acceptors (Lipinski definition) is 3. The first kappa shape index (κ1) is 17.4. The molecule has 2 saturated heterocycles. The maximum Gasteiger partial charge on any atom is 0.160 e. The lowest BCUT2D eigenvalue weighted by Crippen LogP contribution is -2.52. The van der Waals surface area contributed by atoms with E-state index in [0.717, 1.165) is 30.4 Å². The molecule has 3 fully saturated rings. The van der Waals surface area contributed by atoms with E-state index >= 15 is 0 Å². The highest BCUT2D eigenvalue weighted by Crippen LogP contribution is 2.45. The minimum atomic E-state index is 0.609. The standard InChI is InChI=1S/C23H29NO2/c1-25-22-11-9-19(15-23(22)26-2)20-14-18-8-10-21(20)24(16-18)13-12-17-6-4-3-5-7-17/h3-7,9,11,15,18,20-21H,8,10,12-14,16H2,1-2H3. The highest BCUT2D eigenvalue weighted by molar-refractivity contribution is 5.44. The molecule has 3 atom stereocenters. The molecule has 0 radical (unpaired) electrons. The number of benzene rings is 2. The fourth-order valence-corrected chi connectivity index (χ4v) is 4.93. The van der Waals surface area contributed by atoms with Gasteiger partial charge in [0.2, 0.25) is 0 Å². The molecule has 0 N–H and O–H groups in total. The van der Waals surface area contributed by atoms with Crippen LogP contribution in [0, 0.1) is 5.92 Å². The third-order valence-corrected chi connectivity index (χ3v) is 6.25. The number of piperidine rings is 2. The number of fused-ring (bicyclic) bond motifs is 3. The Morgan fingerprint density at radius 3 is 2.50 bits per heavy atom. The van der Waals surface area contributed by atoms with E-state index < -0.39 is 0 Å². The van der Waals surface area contributed by atoms with Crippen molar-refractivity contribution in [2.75, 3.05) is 27.3 Å². The second kappa shape index (κ2) is 7.71. The molecule has 1 aliphatic carbocycles. The van der Waals surface area contributed by atoms with Crippen molar-refractivity contribution in [1.82, 2.24) is 4.90 Å². The van der Waals surface area contributed by atoms with Gasteiger partial charge in [0.25, 0.3) is 0 Å². The van der Waals surface area contributed by atoms with E-state index in [0.29, 0.717) is 12.0 Å². The molecule has 26 heavy (non-hydrogen) atoms. The van der Waals surface area contributed by atoms with Crippen molar-refractivity contribution in [3.05, 3.63) is 59.7 Å². The fraction of sp³-hybridized carbons (Fsp3) is 0.478. The molecule has 2 aromatic rings. The van der Waals surface area contributed by atoms with Crippen LogP contribution in [-0.4, -0.2) is 38.3 Å². The Kier molecular flexibility index (Phi) is 5.16. The predicted octanol–water partition coefficient (Wildman–Crippen LogP) is 4.51. The van der Waals surface area contributed by atoms with Gasteiger partial charge >= 0.3 is 0 Å². The van der Waals surface area contributed by atoms with Crippen LogP contribution in [0.1, 0.15) is 36.3 Å². The molecule has 2 bridgehead atoms. The molecule has 0 aromatic heterocycles. The highest BCUT2D eigenvalue weighted by atomic mass is 16.5. The Morgan fingerprint density at radius 1 is 0.962 bits per heavy atom. The molecule has 0 spiro atoms. The summed E-state index contributed by atoms with van der Waals surface area (Å²) in [6.07, 6.45) is 5.15. The van der Waals surface area contributed by atoms with Gasteiger partial charge in [0, 0.05) is 19.1 Å². The van der Waals surface area contributed by atoms with E-state index in [9.17, 15) is 0 Å². The molecule has 3 unspecified atom stereocenters. The van der Waals surface area contributed by atoms with Crippen LogP contribution in [-0.2, 0) is 6.42 Å². The van der Waals surface area contributed by atoms with E-state index in [4.69, 9.17) is 9.47 Å². The summed E-state index contributed by atoms with van der Waals surface area (Å²) >= 11 is 0. The van der Waals surface area contributed by atoms with Crippen molar-refractivity contribution in [2.24, 2.45) is 5.92 Å². The number of methoxy groups -OCH3 is 2. The number of rotatable bonds is 6. The number of hydrogen-bond donors (Lipinski definition) is 0. The van der Waals surface area contributed by atoms with Gasteiger partial charge in [0.05, 0.1) is 14.2 Å². The first-order valence-corrected chi connectivity index (χ1v) is 9.78. The zero-order chi connectivity index (χ0) is 17.9. The lowest BCUT2D eigenvalue weighted by atomic mass is 9.70. The Hall–Kier alpha value is -2.00. The second-order valence-corrected chi connectivity index (χ2v) is 7.70. The Balaban J connectivity index is 1.51. The van der Waals surface area contributed by atoms with Gasteiger partial charge in [0.1, 0.15) is 0 Å². The topological polar surface area (TPSA) is 21.7 Å². The molecule has 1 saturated carbocycles. The summed E-state index contributed by atoms with van der Waals surface area (Å²) in [7, 11) is 3.42. The molecule has 3 heteroatoms. The minimum Gasteiger partial charge on any atom is -0.493 e. The van der Waals surface area contributed by atoms with E-state index in [-0.39, 0.29) is 0 Å². The van der Waals surface area contributed by atoms with Crippen LogP contribution < -0.4 is 9.47 Å². The zero-order valence-corrected chi connectivity index (χ0v) is 15.9. The highest BCUT2D eigenvalue weighted by Gasteiger charge is 2.41. The lowest BCUT2D eigenvalue weighted by molar-refractivity contribution is 0.0309. The summed E-state index contributed by atoms with van der Waals surface area (Å²) in [6.45, 7) is 2.43. The van der Waals surface area contributed by atoms with Gasteiger partial charge < -0.3 is 9.47 Å². The molecule has 2 aliphatic heterocycles.